The fourth-order valence-corrected chi connectivity index (χ4v) is 1.41. The molecule has 0 spiro atoms. The summed E-state index contributed by atoms with van der Waals surface area (Å²) >= 11 is 0. The maximum absolute atomic E-state index is 13.1. The zero-order valence-corrected chi connectivity index (χ0v) is 10.5. The molecule has 2 atom stereocenters. The van der Waals surface area contributed by atoms with Crippen LogP contribution in [-0.4, -0.2) is 31.0 Å². The van der Waals surface area contributed by atoms with Crippen molar-refractivity contribution in [2.75, 3.05) is 13.7 Å². The lowest BCUT2D eigenvalue weighted by atomic mass is 10.1. The Morgan fingerprint density at radius 3 is 2.53 bits per heavy atom. The largest absolute Gasteiger partial charge is 0.490 e. The highest BCUT2D eigenvalue weighted by Gasteiger charge is 2.38. The number of rotatable bonds is 5. The van der Waals surface area contributed by atoms with Crippen LogP contribution < -0.4 is 10.1 Å². The second-order valence-corrected chi connectivity index (χ2v) is 4.06. The molecule has 1 rings (SSSR count). The maximum atomic E-state index is 13.1. The second kappa shape index (κ2) is 6.21. The SMILES string of the molecule is CNC(C)c1cc(F)ccc1OCC(O)C(F)(F)F. The van der Waals surface area contributed by atoms with E-state index in [0.29, 0.717) is 5.56 Å². The van der Waals surface area contributed by atoms with Gasteiger partial charge < -0.3 is 15.2 Å². The summed E-state index contributed by atoms with van der Waals surface area (Å²) in [4.78, 5) is 0. The Kier molecular flexibility index (Phi) is 5.13. The van der Waals surface area contributed by atoms with Gasteiger partial charge in [0.2, 0.25) is 0 Å². The molecule has 0 aliphatic carbocycles. The molecule has 108 valence electrons. The van der Waals surface area contributed by atoms with Crippen molar-refractivity contribution in [2.45, 2.75) is 25.2 Å². The van der Waals surface area contributed by atoms with E-state index in [0.717, 1.165) is 6.07 Å². The van der Waals surface area contributed by atoms with Crippen LogP contribution in [0.1, 0.15) is 18.5 Å². The lowest BCUT2D eigenvalue weighted by Crippen LogP contribution is -2.34. The predicted molar refractivity (Wildman–Crippen MR) is 61.4 cm³/mol. The molecule has 7 heteroatoms. The Morgan fingerprint density at radius 2 is 2.00 bits per heavy atom. The van der Waals surface area contributed by atoms with Crippen LogP contribution in [0.5, 0.6) is 5.75 Å². The number of hydrogen-bond acceptors (Lipinski definition) is 3. The molecule has 2 unspecified atom stereocenters. The van der Waals surface area contributed by atoms with Gasteiger partial charge >= 0.3 is 6.18 Å². The first-order valence-electron chi connectivity index (χ1n) is 5.60. The van der Waals surface area contributed by atoms with E-state index in [1.54, 1.807) is 14.0 Å². The lowest BCUT2D eigenvalue weighted by molar-refractivity contribution is -0.210. The third kappa shape index (κ3) is 4.36. The van der Waals surface area contributed by atoms with Crippen LogP contribution in [0.15, 0.2) is 18.2 Å². The van der Waals surface area contributed by atoms with Crippen LogP contribution >= 0.6 is 0 Å². The van der Waals surface area contributed by atoms with Gasteiger partial charge in [-0.2, -0.15) is 13.2 Å². The van der Waals surface area contributed by atoms with Gasteiger partial charge in [0.05, 0.1) is 0 Å². The molecule has 0 aromatic heterocycles. The van der Waals surface area contributed by atoms with Crippen LogP contribution in [0.3, 0.4) is 0 Å². The van der Waals surface area contributed by atoms with Gasteiger partial charge in [-0.1, -0.05) is 0 Å². The zero-order chi connectivity index (χ0) is 14.6. The molecule has 0 radical (unpaired) electrons. The zero-order valence-electron chi connectivity index (χ0n) is 10.5. The molecule has 1 aromatic rings. The van der Waals surface area contributed by atoms with Gasteiger partial charge in [0, 0.05) is 11.6 Å². The van der Waals surface area contributed by atoms with Gasteiger partial charge in [0.25, 0.3) is 0 Å². The summed E-state index contributed by atoms with van der Waals surface area (Å²) in [6.45, 7) is 0.778. The number of benzene rings is 1. The number of aliphatic hydroxyl groups excluding tert-OH is 1. The van der Waals surface area contributed by atoms with Gasteiger partial charge in [-0.3, -0.25) is 0 Å². The Labute approximate surface area is 108 Å². The molecular formula is C12H15F4NO2. The molecular weight excluding hydrogens is 266 g/mol. The summed E-state index contributed by atoms with van der Waals surface area (Å²) in [5, 5.41) is 11.7. The highest BCUT2D eigenvalue weighted by Crippen LogP contribution is 2.27. The van der Waals surface area contributed by atoms with E-state index in [9.17, 15) is 17.6 Å². The lowest BCUT2D eigenvalue weighted by Gasteiger charge is -2.19. The van der Waals surface area contributed by atoms with Crippen molar-refractivity contribution >= 4 is 0 Å². The fraction of sp³-hybridized carbons (Fsp3) is 0.500. The van der Waals surface area contributed by atoms with Crippen molar-refractivity contribution in [2.24, 2.45) is 0 Å². The molecule has 19 heavy (non-hydrogen) atoms. The summed E-state index contributed by atoms with van der Waals surface area (Å²) in [5.41, 5.74) is 0.386. The van der Waals surface area contributed by atoms with Crippen LogP contribution in [0.25, 0.3) is 0 Å². The molecule has 3 nitrogen and oxygen atoms in total. The smallest absolute Gasteiger partial charge is 0.417 e. The van der Waals surface area contributed by atoms with Gasteiger partial charge in [-0.05, 0) is 32.2 Å². The van der Waals surface area contributed by atoms with E-state index >= 15 is 0 Å². The molecule has 0 amide bonds. The molecule has 2 N–H and O–H groups in total. The Hall–Kier alpha value is -1.34. The molecule has 0 aliphatic rings. The average molecular weight is 281 g/mol. The number of halogens is 4. The van der Waals surface area contributed by atoms with Crippen molar-refractivity contribution < 1.29 is 27.4 Å². The Bertz CT molecular complexity index is 423. The number of alkyl halides is 3. The van der Waals surface area contributed by atoms with Crippen molar-refractivity contribution in [3.8, 4) is 5.75 Å². The van der Waals surface area contributed by atoms with E-state index in [-0.39, 0.29) is 11.8 Å². The van der Waals surface area contributed by atoms with Gasteiger partial charge in [-0.15, -0.1) is 0 Å². The monoisotopic (exact) mass is 281 g/mol. The van der Waals surface area contributed by atoms with Crippen molar-refractivity contribution in [1.82, 2.24) is 5.32 Å². The normalized spacial score (nSPS) is 15.1. The number of aliphatic hydroxyl groups is 1. The Morgan fingerprint density at radius 1 is 1.37 bits per heavy atom. The number of hydrogen-bond donors (Lipinski definition) is 2. The quantitative estimate of drug-likeness (QED) is 0.814. The highest BCUT2D eigenvalue weighted by atomic mass is 19.4. The molecule has 1 aromatic carbocycles. The standard InChI is InChI=1S/C12H15F4NO2/c1-7(17-2)9-5-8(13)3-4-10(9)19-6-11(18)12(14,15)16/h3-5,7,11,17-18H,6H2,1-2H3. The minimum Gasteiger partial charge on any atom is -0.490 e. The van der Waals surface area contributed by atoms with E-state index in [2.05, 4.69) is 5.32 Å². The molecule has 0 bridgehead atoms. The van der Waals surface area contributed by atoms with Gasteiger partial charge in [-0.25, -0.2) is 4.39 Å². The maximum Gasteiger partial charge on any atom is 0.417 e. The number of nitrogens with one attached hydrogen (secondary N) is 1. The second-order valence-electron chi connectivity index (χ2n) is 4.06. The summed E-state index contributed by atoms with van der Waals surface area (Å²) < 4.78 is 54.5. The van der Waals surface area contributed by atoms with Crippen LogP contribution in [0, 0.1) is 5.82 Å². The first kappa shape index (κ1) is 15.7. The predicted octanol–water partition coefficient (Wildman–Crippen LogP) is 2.41. The third-order valence-corrected chi connectivity index (χ3v) is 2.65. The number of ether oxygens (including phenoxy) is 1. The van der Waals surface area contributed by atoms with Crippen LogP contribution in [0.4, 0.5) is 17.6 Å². The first-order chi connectivity index (χ1) is 8.75. The summed E-state index contributed by atoms with van der Waals surface area (Å²) in [6.07, 6.45) is -7.32. The minimum atomic E-state index is -4.74. The van der Waals surface area contributed by atoms with E-state index in [4.69, 9.17) is 9.84 Å². The van der Waals surface area contributed by atoms with Crippen LogP contribution in [-0.2, 0) is 0 Å². The minimum absolute atomic E-state index is 0.103. The third-order valence-electron chi connectivity index (χ3n) is 2.65. The van der Waals surface area contributed by atoms with Crippen LogP contribution in [0.2, 0.25) is 0 Å². The van der Waals surface area contributed by atoms with Gasteiger partial charge in [0.1, 0.15) is 18.2 Å². The van der Waals surface area contributed by atoms with Gasteiger partial charge in [0.15, 0.2) is 6.10 Å². The highest BCUT2D eigenvalue weighted by molar-refractivity contribution is 5.36. The average Bonchev–Trinajstić information content (AvgIpc) is 2.34. The van der Waals surface area contributed by atoms with E-state index in [1.807, 2.05) is 0 Å². The summed E-state index contributed by atoms with van der Waals surface area (Å²) in [6, 6.07) is 3.20. The summed E-state index contributed by atoms with van der Waals surface area (Å²) in [5.74, 6) is -0.410. The first-order valence-corrected chi connectivity index (χ1v) is 5.60. The molecule has 0 aliphatic heterocycles. The molecule has 0 heterocycles. The molecule has 0 saturated carbocycles. The molecule has 0 fully saturated rings. The van der Waals surface area contributed by atoms with Crippen molar-refractivity contribution in [1.29, 1.82) is 0 Å². The van der Waals surface area contributed by atoms with E-state index in [1.165, 1.54) is 12.1 Å². The fourth-order valence-electron chi connectivity index (χ4n) is 1.41. The molecule has 0 saturated heterocycles. The Balaban J connectivity index is 2.83. The van der Waals surface area contributed by atoms with Crippen molar-refractivity contribution in [3.05, 3.63) is 29.6 Å². The topological polar surface area (TPSA) is 41.5 Å². The van der Waals surface area contributed by atoms with E-state index < -0.39 is 24.7 Å². The summed E-state index contributed by atoms with van der Waals surface area (Å²) in [7, 11) is 1.63. The van der Waals surface area contributed by atoms with Crippen molar-refractivity contribution in [3.63, 3.8) is 0 Å².